The highest BCUT2D eigenvalue weighted by Crippen LogP contribution is 2.40. The van der Waals surface area contributed by atoms with Crippen molar-refractivity contribution in [2.45, 2.75) is 78.1 Å². The number of hydrogen-bond acceptors (Lipinski definition) is 9. The highest BCUT2D eigenvalue weighted by molar-refractivity contribution is 7.59. The Morgan fingerprint density at radius 2 is 1.97 bits per heavy atom. The number of nitrogens with two attached hydrogens (primary N) is 1. The van der Waals surface area contributed by atoms with Crippen LogP contribution in [0.15, 0.2) is 12.7 Å². The van der Waals surface area contributed by atoms with Gasteiger partial charge in [0, 0.05) is 0 Å². The summed E-state index contributed by atoms with van der Waals surface area (Å²) in [5.41, 5.74) is 5.26. The number of nitrogen functional groups attached to an aromatic ring is 1. The molecule has 2 aromatic heterocycles. The van der Waals surface area contributed by atoms with Crippen LogP contribution in [0, 0.1) is 0 Å². The van der Waals surface area contributed by atoms with Crippen molar-refractivity contribution < 1.29 is 28.7 Å². The second-order valence-electron chi connectivity index (χ2n) is 8.94. The molecule has 0 saturated heterocycles. The molecule has 0 aliphatic rings. The lowest BCUT2D eigenvalue weighted by atomic mass is 10.1. The maximum atomic E-state index is 13.7. The lowest BCUT2D eigenvalue weighted by Crippen LogP contribution is -2.49. The van der Waals surface area contributed by atoms with E-state index in [1.807, 2.05) is 6.92 Å². The highest BCUT2D eigenvalue weighted by atomic mass is 31.2. The van der Waals surface area contributed by atoms with Crippen molar-refractivity contribution >= 4 is 36.4 Å². The SMILES string of the molecule is CCCCCOC(=O)[C@@H](C)N[P@@](=O)(CO[C@H](C)Cn1cnc2c(N)ncnc21)NC(C)(C)C(=O)O. The first-order chi connectivity index (χ1) is 16.4. The van der Waals surface area contributed by atoms with Gasteiger partial charge in [-0.3, -0.25) is 14.2 Å². The van der Waals surface area contributed by atoms with Crippen LogP contribution in [0.1, 0.15) is 53.9 Å². The number of carboxylic acids is 1. The van der Waals surface area contributed by atoms with Gasteiger partial charge in [0.1, 0.15) is 29.8 Å². The van der Waals surface area contributed by atoms with E-state index in [0.29, 0.717) is 17.7 Å². The van der Waals surface area contributed by atoms with E-state index in [0.717, 1.165) is 19.3 Å². The van der Waals surface area contributed by atoms with E-state index in [9.17, 15) is 19.3 Å². The van der Waals surface area contributed by atoms with Gasteiger partial charge in [-0.15, -0.1) is 0 Å². The third-order valence-corrected chi connectivity index (χ3v) is 7.40. The fraction of sp³-hybridized carbons (Fsp3) is 0.667. The van der Waals surface area contributed by atoms with Gasteiger partial charge >= 0.3 is 11.9 Å². The number of nitrogens with zero attached hydrogens (tertiary/aromatic N) is 4. The third kappa shape index (κ3) is 8.24. The molecule has 0 aliphatic carbocycles. The molecule has 196 valence electrons. The van der Waals surface area contributed by atoms with Gasteiger partial charge in [-0.1, -0.05) is 19.8 Å². The number of nitrogens with one attached hydrogen (secondary N) is 2. The van der Waals surface area contributed by atoms with Crippen molar-refractivity contribution in [2.24, 2.45) is 0 Å². The Kier molecular flexibility index (Phi) is 10.1. The summed E-state index contributed by atoms with van der Waals surface area (Å²) in [6.07, 6.45) is 4.69. The average molecular weight is 514 g/mol. The largest absolute Gasteiger partial charge is 0.480 e. The van der Waals surface area contributed by atoms with E-state index < -0.39 is 37.1 Å². The van der Waals surface area contributed by atoms with Crippen molar-refractivity contribution in [3.8, 4) is 0 Å². The van der Waals surface area contributed by atoms with Crippen molar-refractivity contribution in [1.82, 2.24) is 29.7 Å². The molecule has 5 N–H and O–H groups in total. The molecule has 0 radical (unpaired) electrons. The summed E-state index contributed by atoms with van der Waals surface area (Å²) < 4.78 is 26.5. The molecule has 35 heavy (non-hydrogen) atoms. The Morgan fingerprint density at radius 3 is 2.63 bits per heavy atom. The number of carbonyl (C=O) groups excluding carboxylic acids is 1. The normalized spacial score (nSPS) is 15.5. The molecule has 0 saturated carbocycles. The molecular formula is C21H36N7O6P. The maximum Gasteiger partial charge on any atom is 0.323 e. The Bertz CT molecular complexity index is 1060. The van der Waals surface area contributed by atoms with Crippen LogP contribution < -0.4 is 15.9 Å². The quantitative estimate of drug-likeness (QED) is 0.155. The average Bonchev–Trinajstić information content (AvgIpc) is 3.18. The smallest absolute Gasteiger partial charge is 0.323 e. The Morgan fingerprint density at radius 1 is 1.26 bits per heavy atom. The van der Waals surface area contributed by atoms with Crippen LogP contribution in [0.2, 0.25) is 0 Å². The zero-order valence-corrected chi connectivity index (χ0v) is 21.7. The predicted molar refractivity (Wildman–Crippen MR) is 131 cm³/mol. The lowest BCUT2D eigenvalue weighted by molar-refractivity contribution is -0.145. The van der Waals surface area contributed by atoms with E-state index in [4.69, 9.17) is 15.2 Å². The van der Waals surface area contributed by atoms with Crippen LogP contribution in [0.4, 0.5) is 5.82 Å². The summed E-state index contributed by atoms with van der Waals surface area (Å²) >= 11 is 0. The summed E-state index contributed by atoms with van der Waals surface area (Å²) in [6, 6.07) is -0.948. The molecule has 0 unspecified atom stereocenters. The fourth-order valence-corrected chi connectivity index (χ4v) is 5.61. The van der Waals surface area contributed by atoms with E-state index in [-0.39, 0.29) is 18.8 Å². The van der Waals surface area contributed by atoms with Crippen LogP contribution in [0.5, 0.6) is 0 Å². The first kappa shape index (κ1) is 28.6. The molecule has 0 aromatic carbocycles. The van der Waals surface area contributed by atoms with E-state index in [1.54, 1.807) is 17.8 Å². The first-order valence-electron chi connectivity index (χ1n) is 11.5. The van der Waals surface area contributed by atoms with Gasteiger partial charge in [0.2, 0.25) is 7.44 Å². The molecule has 0 spiro atoms. The third-order valence-electron chi connectivity index (χ3n) is 5.17. The summed E-state index contributed by atoms with van der Waals surface area (Å²) in [5.74, 6) is -1.53. The van der Waals surface area contributed by atoms with Crippen LogP contribution in [-0.4, -0.2) is 67.2 Å². The lowest BCUT2D eigenvalue weighted by Gasteiger charge is -2.31. The minimum Gasteiger partial charge on any atom is -0.480 e. The number of imidazole rings is 1. The maximum absolute atomic E-state index is 13.7. The standard InChI is InChI=1S/C21H36N7O6P/c1-6-7-8-9-33-19(29)15(3)26-35(32,27-21(4,5)20(30)31)13-34-14(2)10-28-12-25-16-17(22)23-11-24-18(16)28/h11-12,14-15H,6-10,13H2,1-5H3,(H,30,31)(H2,22,23,24)(H2,26,27,32)/t14-,15-,35+/m1/s1. The molecular weight excluding hydrogens is 477 g/mol. The molecule has 13 nitrogen and oxygen atoms in total. The van der Waals surface area contributed by atoms with Gasteiger partial charge in [-0.2, -0.15) is 0 Å². The molecule has 14 heteroatoms. The van der Waals surface area contributed by atoms with Gasteiger partial charge in [0.05, 0.1) is 25.6 Å². The number of ether oxygens (including phenoxy) is 2. The van der Waals surface area contributed by atoms with E-state index in [1.165, 1.54) is 27.1 Å². The second kappa shape index (κ2) is 12.4. The Labute approximate surface area is 204 Å². The minimum atomic E-state index is -3.72. The predicted octanol–water partition coefficient (Wildman–Crippen LogP) is 2.13. The number of carboxylic acid groups (broad SMARTS) is 1. The van der Waals surface area contributed by atoms with E-state index in [2.05, 4.69) is 25.1 Å². The summed E-state index contributed by atoms with van der Waals surface area (Å²) in [6.45, 7) is 8.63. The molecule has 2 rings (SSSR count). The molecule has 0 aliphatic heterocycles. The number of esters is 1. The summed E-state index contributed by atoms with van der Waals surface area (Å²) in [4.78, 5) is 36.3. The monoisotopic (exact) mass is 513 g/mol. The zero-order chi connectivity index (χ0) is 26.2. The number of carbonyl (C=O) groups is 2. The van der Waals surface area contributed by atoms with Crippen molar-refractivity contribution in [1.29, 1.82) is 0 Å². The zero-order valence-electron chi connectivity index (χ0n) is 20.9. The van der Waals surface area contributed by atoms with Gasteiger partial charge in [0.15, 0.2) is 11.5 Å². The number of hydrogen-bond donors (Lipinski definition) is 4. The van der Waals surface area contributed by atoms with Gasteiger partial charge in [-0.25, -0.2) is 25.1 Å². The van der Waals surface area contributed by atoms with Crippen LogP contribution in [-0.2, 0) is 30.2 Å². The minimum absolute atomic E-state index is 0.256. The van der Waals surface area contributed by atoms with Crippen molar-refractivity contribution in [3.63, 3.8) is 0 Å². The fourth-order valence-electron chi connectivity index (χ4n) is 3.21. The van der Waals surface area contributed by atoms with Crippen molar-refractivity contribution in [2.75, 3.05) is 18.7 Å². The summed E-state index contributed by atoms with van der Waals surface area (Å²) in [5, 5.41) is 14.9. The van der Waals surface area contributed by atoms with Crippen molar-refractivity contribution in [3.05, 3.63) is 12.7 Å². The molecule has 3 atom stereocenters. The number of unbranched alkanes of at least 4 members (excludes halogenated alkanes) is 2. The molecule has 2 heterocycles. The van der Waals surface area contributed by atoms with Crippen LogP contribution >= 0.6 is 7.44 Å². The molecule has 0 fully saturated rings. The number of aliphatic carboxylic acids is 1. The second-order valence-corrected chi connectivity index (χ2v) is 11.2. The number of fused-ring (bicyclic) bond motifs is 1. The van der Waals surface area contributed by atoms with Gasteiger partial charge in [0.25, 0.3) is 0 Å². The Hall–Kier alpha value is -2.60. The number of rotatable bonds is 15. The van der Waals surface area contributed by atoms with Gasteiger partial charge in [-0.05, 0) is 34.1 Å². The molecule has 0 amide bonds. The number of anilines is 1. The van der Waals surface area contributed by atoms with Crippen LogP contribution in [0.3, 0.4) is 0 Å². The molecule has 0 bridgehead atoms. The number of aromatic nitrogens is 4. The van der Waals surface area contributed by atoms with Crippen LogP contribution in [0.25, 0.3) is 11.2 Å². The Balaban J connectivity index is 2.08. The highest BCUT2D eigenvalue weighted by Gasteiger charge is 2.38. The molecule has 2 aromatic rings. The topological polar surface area (TPSA) is 184 Å². The van der Waals surface area contributed by atoms with E-state index >= 15 is 0 Å². The van der Waals surface area contributed by atoms with Gasteiger partial charge < -0.3 is 24.9 Å². The first-order valence-corrected chi connectivity index (χ1v) is 13.4. The summed E-state index contributed by atoms with van der Waals surface area (Å²) in [7, 11) is -3.72.